The van der Waals surface area contributed by atoms with Crippen molar-refractivity contribution in [3.8, 4) is 0 Å². The molecule has 1 saturated carbocycles. The van der Waals surface area contributed by atoms with E-state index in [2.05, 4.69) is 12.2 Å². The molecule has 104 valence electrons. The lowest BCUT2D eigenvalue weighted by Crippen LogP contribution is -2.29. The Hall–Kier alpha value is -1.71. The van der Waals surface area contributed by atoms with Crippen molar-refractivity contribution in [1.29, 1.82) is 0 Å². The molecule has 0 saturated heterocycles. The van der Waals surface area contributed by atoms with Gasteiger partial charge in [-0.3, -0.25) is 0 Å². The predicted molar refractivity (Wildman–Crippen MR) is 77.5 cm³/mol. The molecule has 1 aliphatic carbocycles. The summed E-state index contributed by atoms with van der Waals surface area (Å²) in [5, 5.41) is 12.3. The minimum Gasteiger partial charge on any atom is -0.478 e. The van der Waals surface area contributed by atoms with Crippen LogP contribution in [0.5, 0.6) is 0 Å². The molecule has 0 aliphatic heterocycles. The van der Waals surface area contributed by atoms with Crippen LogP contribution in [0.3, 0.4) is 0 Å². The molecule has 0 heterocycles. The van der Waals surface area contributed by atoms with Crippen molar-refractivity contribution in [3.63, 3.8) is 0 Å². The molecule has 1 fully saturated rings. The lowest BCUT2D eigenvalue weighted by Gasteiger charge is -2.34. The number of aromatic carboxylic acids is 1. The molecule has 0 bridgehead atoms. The fraction of sp³-hybridized carbons (Fsp3) is 0.533. The van der Waals surface area contributed by atoms with Gasteiger partial charge in [-0.2, -0.15) is 0 Å². The fourth-order valence-electron chi connectivity index (χ4n) is 2.73. The van der Waals surface area contributed by atoms with Crippen LogP contribution in [-0.2, 0) is 0 Å². The van der Waals surface area contributed by atoms with E-state index >= 15 is 0 Å². The molecule has 0 spiro atoms. The number of hydrogen-bond donors (Lipinski definition) is 3. The standard InChI is InChI=1S/C15H22N2O2/c1-15(7-3-2-4-8-15)10-17-13-9-11(14(18)19)5-6-12(13)16/h5-6,9,17H,2-4,7-8,10,16H2,1H3,(H,18,19). The molecular formula is C15H22N2O2. The number of carboxylic acids is 1. The molecule has 0 atom stereocenters. The summed E-state index contributed by atoms with van der Waals surface area (Å²) in [6.45, 7) is 3.14. The Morgan fingerprint density at radius 2 is 2.05 bits per heavy atom. The predicted octanol–water partition coefficient (Wildman–Crippen LogP) is 3.35. The van der Waals surface area contributed by atoms with Gasteiger partial charge in [0.2, 0.25) is 0 Å². The smallest absolute Gasteiger partial charge is 0.335 e. The number of benzene rings is 1. The van der Waals surface area contributed by atoms with Crippen molar-refractivity contribution < 1.29 is 9.90 Å². The first-order valence-electron chi connectivity index (χ1n) is 6.87. The van der Waals surface area contributed by atoms with Crippen LogP contribution >= 0.6 is 0 Å². The number of carboxylic acid groups (broad SMARTS) is 1. The van der Waals surface area contributed by atoms with Crippen LogP contribution in [-0.4, -0.2) is 17.6 Å². The Bertz CT molecular complexity index is 465. The number of nitrogen functional groups attached to an aromatic ring is 1. The van der Waals surface area contributed by atoms with Gasteiger partial charge in [-0.25, -0.2) is 4.79 Å². The zero-order valence-corrected chi connectivity index (χ0v) is 11.4. The van der Waals surface area contributed by atoms with E-state index in [1.807, 2.05) is 0 Å². The lowest BCUT2D eigenvalue weighted by molar-refractivity contribution is 0.0697. The molecule has 4 N–H and O–H groups in total. The van der Waals surface area contributed by atoms with E-state index in [9.17, 15) is 4.79 Å². The second kappa shape index (κ2) is 5.51. The molecule has 2 rings (SSSR count). The maximum atomic E-state index is 11.0. The van der Waals surface area contributed by atoms with Gasteiger partial charge in [0.15, 0.2) is 0 Å². The molecule has 0 unspecified atom stereocenters. The summed E-state index contributed by atoms with van der Waals surface area (Å²) in [5.74, 6) is -0.924. The van der Waals surface area contributed by atoms with Crippen LogP contribution < -0.4 is 11.1 Å². The summed E-state index contributed by atoms with van der Waals surface area (Å²) < 4.78 is 0. The molecule has 19 heavy (non-hydrogen) atoms. The minimum absolute atomic E-state index is 0.269. The molecule has 4 heteroatoms. The summed E-state index contributed by atoms with van der Waals surface area (Å²) in [5.41, 5.74) is 7.79. The van der Waals surface area contributed by atoms with Gasteiger partial charge in [-0.1, -0.05) is 26.2 Å². The van der Waals surface area contributed by atoms with Crippen LogP contribution in [0, 0.1) is 5.41 Å². The largest absolute Gasteiger partial charge is 0.478 e. The summed E-state index contributed by atoms with van der Waals surface area (Å²) >= 11 is 0. The van der Waals surface area contributed by atoms with Crippen LogP contribution in [0.4, 0.5) is 11.4 Å². The van der Waals surface area contributed by atoms with Gasteiger partial charge in [0.05, 0.1) is 16.9 Å². The molecule has 1 aromatic carbocycles. The number of anilines is 2. The molecule has 4 nitrogen and oxygen atoms in total. The SMILES string of the molecule is CC1(CNc2cc(C(=O)O)ccc2N)CCCCC1. The third-order valence-corrected chi connectivity index (χ3v) is 4.07. The third-order valence-electron chi connectivity index (χ3n) is 4.07. The average molecular weight is 262 g/mol. The fourth-order valence-corrected chi connectivity index (χ4v) is 2.73. The number of rotatable bonds is 4. The number of carbonyl (C=O) groups is 1. The third kappa shape index (κ3) is 3.40. The monoisotopic (exact) mass is 262 g/mol. The van der Waals surface area contributed by atoms with Crippen molar-refractivity contribution in [1.82, 2.24) is 0 Å². The first kappa shape index (κ1) is 13.7. The highest BCUT2D eigenvalue weighted by Crippen LogP contribution is 2.36. The van der Waals surface area contributed by atoms with E-state index < -0.39 is 5.97 Å². The Morgan fingerprint density at radius 1 is 1.37 bits per heavy atom. The normalized spacial score (nSPS) is 17.9. The van der Waals surface area contributed by atoms with Crippen LogP contribution in [0.25, 0.3) is 0 Å². The zero-order valence-electron chi connectivity index (χ0n) is 11.4. The van der Waals surface area contributed by atoms with E-state index in [0.29, 0.717) is 11.1 Å². The molecule has 0 aromatic heterocycles. The van der Waals surface area contributed by atoms with Gasteiger partial charge < -0.3 is 16.2 Å². The van der Waals surface area contributed by atoms with E-state index in [1.54, 1.807) is 12.1 Å². The van der Waals surface area contributed by atoms with Gasteiger partial charge in [0, 0.05) is 6.54 Å². The minimum atomic E-state index is -0.924. The maximum absolute atomic E-state index is 11.0. The highest BCUT2D eigenvalue weighted by molar-refractivity contribution is 5.90. The Labute approximate surface area is 114 Å². The molecule has 1 aromatic rings. The van der Waals surface area contributed by atoms with E-state index in [1.165, 1.54) is 38.2 Å². The van der Waals surface area contributed by atoms with Gasteiger partial charge in [0.25, 0.3) is 0 Å². The summed E-state index contributed by atoms with van der Waals surface area (Å²) in [6.07, 6.45) is 6.33. The second-order valence-electron chi connectivity index (χ2n) is 5.83. The van der Waals surface area contributed by atoms with Gasteiger partial charge in [-0.15, -0.1) is 0 Å². The molecule has 1 aliphatic rings. The average Bonchev–Trinajstić information content (AvgIpc) is 2.38. The van der Waals surface area contributed by atoms with Crippen LogP contribution in [0.2, 0.25) is 0 Å². The Balaban J connectivity index is 2.06. The second-order valence-corrected chi connectivity index (χ2v) is 5.83. The van der Waals surface area contributed by atoms with Crippen molar-refractivity contribution in [2.24, 2.45) is 5.41 Å². The van der Waals surface area contributed by atoms with Crippen molar-refractivity contribution in [2.75, 3.05) is 17.6 Å². The maximum Gasteiger partial charge on any atom is 0.335 e. The number of hydrogen-bond acceptors (Lipinski definition) is 3. The van der Waals surface area contributed by atoms with Crippen LogP contribution in [0.1, 0.15) is 49.4 Å². The number of nitrogens with one attached hydrogen (secondary N) is 1. The Morgan fingerprint density at radius 3 is 2.68 bits per heavy atom. The van der Waals surface area contributed by atoms with E-state index in [4.69, 9.17) is 10.8 Å². The van der Waals surface area contributed by atoms with Crippen LogP contribution in [0.15, 0.2) is 18.2 Å². The Kier molecular flexibility index (Phi) is 3.98. The lowest BCUT2D eigenvalue weighted by atomic mass is 9.75. The summed E-state index contributed by atoms with van der Waals surface area (Å²) in [6, 6.07) is 4.80. The zero-order chi connectivity index (χ0) is 13.9. The molecule has 0 amide bonds. The summed E-state index contributed by atoms with van der Waals surface area (Å²) in [7, 11) is 0. The molecule has 0 radical (unpaired) electrons. The molecular weight excluding hydrogens is 240 g/mol. The van der Waals surface area contributed by atoms with Crippen molar-refractivity contribution in [3.05, 3.63) is 23.8 Å². The highest BCUT2D eigenvalue weighted by Gasteiger charge is 2.26. The first-order valence-corrected chi connectivity index (χ1v) is 6.87. The van der Waals surface area contributed by atoms with E-state index in [-0.39, 0.29) is 5.56 Å². The van der Waals surface area contributed by atoms with Gasteiger partial charge in [0.1, 0.15) is 0 Å². The first-order chi connectivity index (χ1) is 9.00. The van der Waals surface area contributed by atoms with Crippen molar-refractivity contribution >= 4 is 17.3 Å². The van der Waals surface area contributed by atoms with E-state index in [0.717, 1.165) is 12.2 Å². The van der Waals surface area contributed by atoms with Gasteiger partial charge in [-0.05, 0) is 36.5 Å². The highest BCUT2D eigenvalue weighted by atomic mass is 16.4. The quantitative estimate of drug-likeness (QED) is 0.727. The van der Waals surface area contributed by atoms with Gasteiger partial charge >= 0.3 is 5.97 Å². The number of nitrogens with two attached hydrogens (primary N) is 1. The topological polar surface area (TPSA) is 75.3 Å². The van der Waals surface area contributed by atoms with Crippen molar-refractivity contribution in [2.45, 2.75) is 39.0 Å². The summed E-state index contributed by atoms with van der Waals surface area (Å²) in [4.78, 5) is 11.0.